The Bertz CT molecular complexity index is 456. The molecule has 0 radical (unpaired) electrons. The highest BCUT2D eigenvalue weighted by molar-refractivity contribution is 5.72. The van der Waals surface area contributed by atoms with Crippen molar-refractivity contribution in [3.63, 3.8) is 0 Å². The molecule has 1 atom stereocenters. The molecular formula is C17H26N2O2. The molecule has 1 unspecified atom stereocenters. The lowest BCUT2D eigenvalue weighted by molar-refractivity contribution is -0.118. The third-order valence-electron chi connectivity index (χ3n) is 3.99. The van der Waals surface area contributed by atoms with Gasteiger partial charge in [0.15, 0.2) is 0 Å². The predicted molar refractivity (Wildman–Crippen MR) is 84.5 cm³/mol. The smallest absolute Gasteiger partial charge is 0.216 e. The number of carbonyl (C=O) groups excluding carboxylic acids is 1. The third-order valence-corrected chi connectivity index (χ3v) is 3.99. The van der Waals surface area contributed by atoms with Crippen molar-refractivity contribution < 1.29 is 9.53 Å². The van der Waals surface area contributed by atoms with Gasteiger partial charge in [-0.3, -0.25) is 9.69 Å². The third kappa shape index (κ3) is 5.05. The number of hydrogen-bond donors (Lipinski definition) is 1. The molecule has 1 amide bonds. The fraction of sp³-hybridized carbons (Fsp3) is 0.588. The zero-order chi connectivity index (χ0) is 15.1. The monoisotopic (exact) mass is 290 g/mol. The van der Waals surface area contributed by atoms with Crippen molar-refractivity contribution in [1.29, 1.82) is 0 Å². The van der Waals surface area contributed by atoms with E-state index in [2.05, 4.69) is 35.3 Å². The van der Waals surface area contributed by atoms with E-state index < -0.39 is 0 Å². The van der Waals surface area contributed by atoms with Gasteiger partial charge in [0.05, 0.1) is 6.61 Å². The van der Waals surface area contributed by atoms with Crippen molar-refractivity contribution in [3.8, 4) is 5.75 Å². The number of likely N-dealkylation sites (tertiary alicyclic amines) is 1. The van der Waals surface area contributed by atoms with Gasteiger partial charge in [0, 0.05) is 19.5 Å². The van der Waals surface area contributed by atoms with Gasteiger partial charge in [-0.15, -0.1) is 0 Å². The van der Waals surface area contributed by atoms with Crippen LogP contribution in [0.5, 0.6) is 5.75 Å². The maximum absolute atomic E-state index is 10.8. The Morgan fingerprint density at radius 1 is 1.38 bits per heavy atom. The molecule has 1 heterocycles. The highest BCUT2D eigenvalue weighted by Crippen LogP contribution is 2.26. The predicted octanol–water partition coefficient (Wildman–Crippen LogP) is 2.75. The van der Waals surface area contributed by atoms with E-state index >= 15 is 0 Å². The topological polar surface area (TPSA) is 41.6 Å². The molecule has 1 N–H and O–H groups in total. The molecule has 21 heavy (non-hydrogen) atoms. The van der Waals surface area contributed by atoms with Crippen LogP contribution in [0.4, 0.5) is 0 Å². The summed E-state index contributed by atoms with van der Waals surface area (Å²) in [6, 6.07) is 8.83. The van der Waals surface area contributed by atoms with Crippen LogP contribution in [-0.2, 0) is 4.79 Å². The summed E-state index contributed by atoms with van der Waals surface area (Å²) < 4.78 is 5.77. The van der Waals surface area contributed by atoms with Gasteiger partial charge in [-0.05, 0) is 57.0 Å². The number of carbonyl (C=O) groups is 1. The molecule has 4 nitrogen and oxygen atoms in total. The van der Waals surface area contributed by atoms with E-state index in [0.29, 0.717) is 19.2 Å². The van der Waals surface area contributed by atoms with E-state index in [0.717, 1.165) is 12.2 Å². The fourth-order valence-corrected chi connectivity index (χ4v) is 2.73. The second-order valence-electron chi connectivity index (χ2n) is 5.68. The number of nitrogens with zero attached hydrogens (tertiary/aromatic N) is 1. The fourth-order valence-electron chi connectivity index (χ4n) is 2.73. The van der Waals surface area contributed by atoms with E-state index in [1.54, 1.807) is 0 Å². The molecular weight excluding hydrogens is 264 g/mol. The van der Waals surface area contributed by atoms with Crippen molar-refractivity contribution in [2.24, 2.45) is 0 Å². The van der Waals surface area contributed by atoms with Crippen LogP contribution in [0.3, 0.4) is 0 Å². The molecule has 2 rings (SSSR count). The number of amides is 1. The second kappa shape index (κ2) is 8.03. The zero-order valence-corrected chi connectivity index (χ0v) is 13.1. The number of hydrogen-bond acceptors (Lipinski definition) is 3. The Morgan fingerprint density at radius 2 is 2.14 bits per heavy atom. The highest BCUT2D eigenvalue weighted by atomic mass is 16.5. The molecule has 1 aliphatic rings. The molecule has 0 saturated carbocycles. The molecule has 0 aromatic heterocycles. The average molecular weight is 290 g/mol. The second-order valence-corrected chi connectivity index (χ2v) is 5.68. The number of nitrogens with one attached hydrogen (secondary N) is 1. The summed E-state index contributed by atoms with van der Waals surface area (Å²) in [7, 11) is 0. The van der Waals surface area contributed by atoms with E-state index in [1.165, 1.54) is 38.4 Å². The summed E-state index contributed by atoms with van der Waals surface area (Å²) in [5.41, 5.74) is 1.32. The van der Waals surface area contributed by atoms with Crippen molar-refractivity contribution >= 4 is 5.91 Å². The van der Waals surface area contributed by atoms with Crippen LogP contribution in [0, 0.1) is 0 Å². The lowest BCUT2D eigenvalue weighted by atomic mass is 10.1. The standard InChI is InChI=1S/C17H26N2O2/c1-14(19-10-3-4-11-19)16-7-5-8-17(13-16)21-12-6-9-18-15(2)20/h5,7-8,13-14H,3-4,6,9-12H2,1-2H3,(H,18,20). The highest BCUT2D eigenvalue weighted by Gasteiger charge is 2.19. The molecule has 1 aromatic rings. The van der Waals surface area contributed by atoms with Gasteiger partial charge in [0.2, 0.25) is 5.91 Å². The van der Waals surface area contributed by atoms with Gasteiger partial charge in [-0.25, -0.2) is 0 Å². The summed E-state index contributed by atoms with van der Waals surface area (Å²) in [5.74, 6) is 0.929. The van der Waals surface area contributed by atoms with Gasteiger partial charge in [-0.2, -0.15) is 0 Å². The SMILES string of the molecule is CC(=O)NCCCOc1cccc(C(C)N2CCCC2)c1. The maximum atomic E-state index is 10.8. The first-order chi connectivity index (χ1) is 10.2. The first-order valence-corrected chi connectivity index (χ1v) is 7.88. The Morgan fingerprint density at radius 3 is 2.86 bits per heavy atom. The lowest BCUT2D eigenvalue weighted by Crippen LogP contribution is -2.23. The van der Waals surface area contributed by atoms with E-state index in [1.807, 2.05) is 6.07 Å². The van der Waals surface area contributed by atoms with Gasteiger partial charge >= 0.3 is 0 Å². The van der Waals surface area contributed by atoms with Gasteiger partial charge in [0.1, 0.15) is 5.75 Å². The molecule has 1 fully saturated rings. The minimum absolute atomic E-state index is 0.0106. The van der Waals surface area contributed by atoms with Crippen molar-refractivity contribution in [2.45, 2.75) is 39.2 Å². The Balaban J connectivity index is 1.81. The van der Waals surface area contributed by atoms with Gasteiger partial charge in [-0.1, -0.05) is 12.1 Å². The molecule has 0 spiro atoms. The Hall–Kier alpha value is -1.55. The van der Waals surface area contributed by atoms with Crippen molar-refractivity contribution in [1.82, 2.24) is 10.2 Å². The molecule has 4 heteroatoms. The van der Waals surface area contributed by atoms with Crippen LogP contribution in [0.25, 0.3) is 0 Å². The van der Waals surface area contributed by atoms with Crippen molar-refractivity contribution in [3.05, 3.63) is 29.8 Å². The largest absolute Gasteiger partial charge is 0.494 e. The van der Waals surface area contributed by atoms with E-state index in [4.69, 9.17) is 4.74 Å². The minimum atomic E-state index is 0.0106. The molecule has 1 aliphatic heterocycles. The quantitative estimate of drug-likeness (QED) is 0.785. The number of rotatable bonds is 7. The molecule has 0 bridgehead atoms. The van der Waals surface area contributed by atoms with Crippen LogP contribution < -0.4 is 10.1 Å². The van der Waals surface area contributed by atoms with Crippen LogP contribution >= 0.6 is 0 Å². The summed E-state index contributed by atoms with van der Waals surface area (Å²) >= 11 is 0. The first-order valence-electron chi connectivity index (χ1n) is 7.88. The summed E-state index contributed by atoms with van der Waals surface area (Å²) in [6.45, 7) is 7.48. The van der Waals surface area contributed by atoms with E-state index in [-0.39, 0.29) is 5.91 Å². The van der Waals surface area contributed by atoms with Gasteiger partial charge < -0.3 is 10.1 Å². The van der Waals surface area contributed by atoms with E-state index in [9.17, 15) is 4.79 Å². The van der Waals surface area contributed by atoms with Crippen LogP contribution in [-0.4, -0.2) is 37.0 Å². The Labute approximate surface area is 127 Å². The first kappa shape index (κ1) is 15.8. The molecule has 1 aromatic carbocycles. The van der Waals surface area contributed by atoms with Crippen LogP contribution in [0.2, 0.25) is 0 Å². The van der Waals surface area contributed by atoms with Crippen LogP contribution in [0.1, 0.15) is 44.7 Å². The Kier molecular flexibility index (Phi) is 6.05. The average Bonchev–Trinajstić information content (AvgIpc) is 3.00. The molecule has 116 valence electrons. The summed E-state index contributed by atoms with van der Waals surface area (Å²) in [6.07, 6.45) is 3.44. The number of benzene rings is 1. The normalized spacial score (nSPS) is 16.7. The zero-order valence-electron chi connectivity index (χ0n) is 13.1. The minimum Gasteiger partial charge on any atom is -0.494 e. The molecule has 1 saturated heterocycles. The number of ether oxygens (including phenoxy) is 1. The van der Waals surface area contributed by atoms with Gasteiger partial charge in [0.25, 0.3) is 0 Å². The lowest BCUT2D eigenvalue weighted by Gasteiger charge is -2.24. The maximum Gasteiger partial charge on any atom is 0.216 e. The summed E-state index contributed by atoms with van der Waals surface area (Å²) in [5, 5.41) is 2.77. The van der Waals surface area contributed by atoms with Crippen molar-refractivity contribution in [2.75, 3.05) is 26.2 Å². The summed E-state index contributed by atoms with van der Waals surface area (Å²) in [4.78, 5) is 13.3. The van der Waals surface area contributed by atoms with Crippen LogP contribution in [0.15, 0.2) is 24.3 Å². The molecule has 0 aliphatic carbocycles.